The highest BCUT2D eigenvalue weighted by atomic mass is 16.6. The summed E-state index contributed by atoms with van der Waals surface area (Å²) in [6, 6.07) is 7.55. The Morgan fingerprint density at radius 1 is 1.38 bits per heavy atom. The molecule has 0 spiro atoms. The van der Waals surface area contributed by atoms with E-state index in [1.165, 1.54) is 6.21 Å². The number of nitrogens with one attached hydrogen (secondary N) is 1. The van der Waals surface area contributed by atoms with E-state index in [4.69, 9.17) is 14.7 Å². The van der Waals surface area contributed by atoms with Gasteiger partial charge in [0.2, 0.25) is 0 Å². The van der Waals surface area contributed by atoms with Crippen LogP contribution < -0.4 is 5.59 Å². The van der Waals surface area contributed by atoms with Crippen LogP contribution in [0.4, 0.5) is 0 Å². The number of hydrogen-bond acceptors (Lipinski definition) is 7. The highest BCUT2D eigenvalue weighted by molar-refractivity contribution is 5.79. The van der Waals surface area contributed by atoms with Gasteiger partial charge in [0.05, 0.1) is 25.4 Å². The number of ether oxygens (including phenoxy) is 2. The minimum atomic E-state index is -0.504. The van der Waals surface area contributed by atoms with Crippen LogP contribution >= 0.6 is 0 Å². The van der Waals surface area contributed by atoms with Crippen LogP contribution in [-0.2, 0) is 14.3 Å². The van der Waals surface area contributed by atoms with E-state index in [2.05, 4.69) is 5.10 Å². The molecule has 24 heavy (non-hydrogen) atoms. The molecule has 1 atom stereocenters. The molecule has 0 aromatic heterocycles. The first-order valence-corrected chi connectivity index (χ1v) is 7.70. The van der Waals surface area contributed by atoms with Gasteiger partial charge in [-0.05, 0) is 38.9 Å². The average molecular weight is 337 g/mol. The Labute approximate surface area is 143 Å². The van der Waals surface area contributed by atoms with Crippen LogP contribution in [0.2, 0.25) is 0 Å². The van der Waals surface area contributed by atoms with Crippen molar-refractivity contribution in [1.29, 1.82) is 0 Å². The van der Waals surface area contributed by atoms with Gasteiger partial charge in [0.25, 0.3) is 0 Å². The molecule has 1 aromatic rings. The molecule has 2 N–H and O–H groups in total. The van der Waals surface area contributed by atoms with E-state index in [-0.39, 0.29) is 18.6 Å². The van der Waals surface area contributed by atoms with Crippen LogP contribution in [-0.4, -0.2) is 55.2 Å². The van der Waals surface area contributed by atoms with Crippen molar-refractivity contribution < 1.29 is 19.5 Å². The van der Waals surface area contributed by atoms with E-state index in [1.54, 1.807) is 12.7 Å². The first-order valence-electron chi connectivity index (χ1n) is 7.70. The predicted octanol–water partition coefficient (Wildman–Crippen LogP) is 1.96. The number of methoxy groups -OCH3 is 1. The van der Waals surface area contributed by atoms with Gasteiger partial charge in [0, 0.05) is 7.11 Å². The molecule has 1 aromatic carbocycles. The number of hydrogen-bond donors (Lipinski definition) is 2. The van der Waals surface area contributed by atoms with Crippen molar-refractivity contribution in [3.63, 3.8) is 0 Å². The van der Waals surface area contributed by atoms with Gasteiger partial charge in [0.1, 0.15) is 5.60 Å². The van der Waals surface area contributed by atoms with Gasteiger partial charge in [0.15, 0.2) is 0 Å². The van der Waals surface area contributed by atoms with Crippen molar-refractivity contribution in [2.75, 3.05) is 27.3 Å². The Balaban J connectivity index is 2.81. The fraction of sp³-hybridized carbons (Fsp3) is 0.529. The fourth-order valence-electron chi connectivity index (χ4n) is 2.23. The molecule has 0 heterocycles. The Hall–Kier alpha value is -1.96. The smallest absolute Gasteiger partial charge is 0.320 e. The summed E-state index contributed by atoms with van der Waals surface area (Å²) >= 11 is 0. The molecule has 1 rings (SSSR count). The van der Waals surface area contributed by atoms with Gasteiger partial charge in [-0.3, -0.25) is 14.9 Å². The highest BCUT2D eigenvalue weighted by Crippen LogP contribution is 2.20. The van der Waals surface area contributed by atoms with Crippen LogP contribution in [0.25, 0.3) is 0 Å². The molecule has 0 saturated heterocycles. The van der Waals surface area contributed by atoms with E-state index in [0.717, 1.165) is 11.1 Å². The van der Waals surface area contributed by atoms with Crippen molar-refractivity contribution in [3.8, 4) is 0 Å². The first kappa shape index (κ1) is 20.1. The summed E-state index contributed by atoms with van der Waals surface area (Å²) < 4.78 is 10.7. The summed E-state index contributed by atoms with van der Waals surface area (Å²) in [7, 11) is 3.49. The van der Waals surface area contributed by atoms with E-state index in [1.807, 2.05) is 57.0 Å². The van der Waals surface area contributed by atoms with E-state index < -0.39 is 5.60 Å². The number of esters is 1. The third kappa shape index (κ3) is 7.08. The Kier molecular flexibility index (Phi) is 7.84. The highest BCUT2D eigenvalue weighted by Gasteiger charge is 2.22. The number of carbonyl (C=O) groups is 1. The van der Waals surface area contributed by atoms with Crippen molar-refractivity contribution in [2.24, 2.45) is 5.10 Å². The van der Waals surface area contributed by atoms with Gasteiger partial charge in [-0.1, -0.05) is 24.3 Å². The number of carbonyl (C=O) groups excluding carboxylic acids is 1. The summed E-state index contributed by atoms with van der Waals surface area (Å²) in [6.07, 6.45) is 1.50. The van der Waals surface area contributed by atoms with Crippen molar-refractivity contribution in [1.82, 2.24) is 10.5 Å². The second-order valence-corrected chi connectivity index (χ2v) is 6.50. The lowest BCUT2D eigenvalue weighted by Gasteiger charge is -2.28. The molecule has 0 aliphatic carbocycles. The molecule has 0 amide bonds. The molecular weight excluding hydrogens is 310 g/mol. The van der Waals surface area contributed by atoms with Crippen LogP contribution in [0, 0.1) is 0 Å². The zero-order valence-electron chi connectivity index (χ0n) is 14.9. The summed E-state index contributed by atoms with van der Waals surface area (Å²) in [5.74, 6) is -0.274. The minimum Gasteiger partial charge on any atom is -0.459 e. The van der Waals surface area contributed by atoms with Gasteiger partial charge in [-0.25, -0.2) is 0 Å². The van der Waals surface area contributed by atoms with Crippen molar-refractivity contribution >= 4 is 12.2 Å². The third-order valence-electron chi connectivity index (χ3n) is 3.25. The van der Waals surface area contributed by atoms with Gasteiger partial charge >= 0.3 is 5.97 Å². The lowest BCUT2D eigenvalue weighted by atomic mass is 10.0. The number of likely N-dealkylation sites (N-methyl/N-ethyl adjacent to an activating group) is 1. The van der Waals surface area contributed by atoms with Crippen LogP contribution in [0.1, 0.15) is 37.9 Å². The maximum Gasteiger partial charge on any atom is 0.320 e. The quantitative estimate of drug-likeness (QED) is 0.429. The summed E-state index contributed by atoms with van der Waals surface area (Å²) in [5, 5.41) is 12.0. The second-order valence-electron chi connectivity index (χ2n) is 6.50. The zero-order valence-corrected chi connectivity index (χ0v) is 14.9. The van der Waals surface area contributed by atoms with E-state index in [0.29, 0.717) is 6.61 Å². The molecule has 0 aliphatic rings. The monoisotopic (exact) mass is 337 g/mol. The summed E-state index contributed by atoms with van der Waals surface area (Å²) in [5.41, 5.74) is 3.07. The summed E-state index contributed by atoms with van der Waals surface area (Å²) in [6.45, 7) is 6.16. The third-order valence-corrected chi connectivity index (χ3v) is 3.25. The molecule has 0 bridgehead atoms. The lowest BCUT2D eigenvalue weighted by molar-refractivity contribution is -0.156. The molecular formula is C17H27N3O4. The molecule has 134 valence electrons. The fourth-order valence-corrected chi connectivity index (χ4v) is 2.23. The van der Waals surface area contributed by atoms with Crippen LogP contribution in [0.5, 0.6) is 0 Å². The Morgan fingerprint density at radius 3 is 2.50 bits per heavy atom. The predicted molar refractivity (Wildman–Crippen MR) is 92.1 cm³/mol. The number of rotatable bonds is 8. The standard InChI is InChI=1S/C17H27N3O4/c1-17(2,3)24-16(21)11-20(4)15(12-23-5)14-8-6-13(7-9-14)10-18-19-22/h6-10,15,19,22H,11-12H2,1-5H3/b18-10-/t15-/m0/s1. The molecule has 0 fully saturated rings. The molecule has 0 aliphatic heterocycles. The van der Waals surface area contributed by atoms with Crippen LogP contribution in [0.3, 0.4) is 0 Å². The van der Waals surface area contributed by atoms with E-state index in [9.17, 15) is 4.79 Å². The summed E-state index contributed by atoms with van der Waals surface area (Å²) in [4.78, 5) is 13.9. The largest absolute Gasteiger partial charge is 0.459 e. The van der Waals surface area contributed by atoms with Gasteiger partial charge in [-0.15, -0.1) is 0 Å². The Bertz CT molecular complexity index is 538. The average Bonchev–Trinajstić information content (AvgIpc) is 2.49. The maximum atomic E-state index is 12.0. The molecule has 7 heteroatoms. The SMILES string of the molecule is COC[C@@H](c1ccc(/C=N\NO)cc1)N(C)CC(=O)OC(C)(C)C. The first-order chi connectivity index (χ1) is 11.3. The normalized spacial score (nSPS) is 13.3. The molecule has 0 saturated carbocycles. The molecule has 0 unspecified atom stereocenters. The maximum absolute atomic E-state index is 12.0. The second kappa shape index (κ2) is 9.36. The number of benzene rings is 1. The van der Waals surface area contributed by atoms with Crippen molar-refractivity contribution in [2.45, 2.75) is 32.4 Å². The zero-order chi connectivity index (χ0) is 18.2. The molecule has 7 nitrogen and oxygen atoms in total. The minimum absolute atomic E-state index is 0.0792. The van der Waals surface area contributed by atoms with E-state index >= 15 is 0 Å². The van der Waals surface area contributed by atoms with Gasteiger partial charge in [-0.2, -0.15) is 10.7 Å². The molecule has 0 radical (unpaired) electrons. The number of nitrogens with zero attached hydrogens (tertiary/aromatic N) is 2. The van der Waals surface area contributed by atoms with Crippen LogP contribution in [0.15, 0.2) is 29.4 Å². The topological polar surface area (TPSA) is 83.4 Å². The van der Waals surface area contributed by atoms with Gasteiger partial charge < -0.3 is 9.47 Å². The van der Waals surface area contributed by atoms with Crippen molar-refractivity contribution in [3.05, 3.63) is 35.4 Å². The lowest BCUT2D eigenvalue weighted by Crippen LogP contribution is -2.36. The Morgan fingerprint density at radius 2 is 2.00 bits per heavy atom. The number of hydrazone groups is 1.